The number of hydrogen-bond acceptors (Lipinski definition) is 5. The molecule has 0 spiro atoms. The summed E-state index contributed by atoms with van der Waals surface area (Å²) < 4.78 is 6.26. The Morgan fingerprint density at radius 2 is 1.74 bits per heavy atom. The van der Waals surface area contributed by atoms with Gasteiger partial charge >= 0.3 is 0 Å². The highest BCUT2D eigenvalue weighted by Crippen LogP contribution is 2.40. The molecule has 1 saturated heterocycles. The third kappa shape index (κ3) is 4.01. The van der Waals surface area contributed by atoms with E-state index in [0.717, 1.165) is 15.7 Å². The third-order valence-electron chi connectivity index (χ3n) is 5.29. The van der Waals surface area contributed by atoms with Crippen LogP contribution in [0.3, 0.4) is 0 Å². The van der Waals surface area contributed by atoms with Gasteiger partial charge in [0.1, 0.15) is 11.5 Å². The van der Waals surface area contributed by atoms with E-state index in [9.17, 15) is 14.7 Å². The Labute approximate surface area is 188 Å². The van der Waals surface area contributed by atoms with E-state index in [0.29, 0.717) is 11.3 Å². The minimum atomic E-state index is -0.732. The van der Waals surface area contributed by atoms with Crippen LogP contribution in [0.15, 0.2) is 81.4 Å². The molecule has 1 atom stereocenters. The van der Waals surface area contributed by atoms with Gasteiger partial charge in [0.15, 0.2) is 0 Å². The molecule has 4 rings (SSSR count). The van der Waals surface area contributed by atoms with Gasteiger partial charge in [-0.05, 0) is 42.0 Å². The lowest BCUT2D eigenvalue weighted by molar-refractivity contribution is -0.140. The van der Waals surface area contributed by atoms with Crippen molar-refractivity contribution < 1.29 is 19.1 Å². The van der Waals surface area contributed by atoms with Crippen LogP contribution >= 0.6 is 15.9 Å². The van der Waals surface area contributed by atoms with Crippen molar-refractivity contribution in [2.24, 2.45) is 0 Å². The van der Waals surface area contributed by atoms with Crippen LogP contribution in [0.25, 0.3) is 5.76 Å². The number of likely N-dealkylation sites (tertiary alicyclic amines) is 1. The normalized spacial score (nSPS) is 17.9. The lowest BCUT2D eigenvalue weighted by Gasteiger charge is -2.25. The first-order valence-electron chi connectivity index (χ1n) is 9.71. The highest BCUT2D eigenvalue weighted by molar-refractivity contribution is 9.10. The number of carbonyl (C=O) groups excluding carboxylic acids is 2. The number of carbonyl (C=O) groups is 2. The Morgan fingerprint density at radius 3 is 2.32 bits per heavy atom. The zero-order valence-electron chi connectivity index (χ0n) is 17.1. The molecule has 2 heterocycles. The molecule has 6 nitrogen and oxygen atoms in total. The smallest absolute Gasteiger partial charge is 0.296 e. The monoisotopic (exact) mass is 480 g/mol. The van der Waals surface area contributed by atoms with Gasteiger partial charge < -0.3 is 19.3 Å². The fourth-order valence-corrected chi connectivity index (χ4v) is 3.94. The highest BCUT2D eigenvalue weighted by Gasteiger charge is 2.46. The number of amides is 1. The molecule has 7 heteroatoms. The maximum Gasteiger partial charge on any atom is 0.296 e. The van der Waals surface area contributed by atoms with Crippen molar-refractivity contribution in [2.45, 2.75) is 12.6 Å². The van der Waals surface area contributed by atoms with Gasteiger partial charge in [-0.25, -0.2) is 0 Å². The number of ketones is 1. The molecule has 0 unspecified atom stereocenters. The molecule has 1 amide bonds. The molecule has 31 heavy (non-hydrogen) atoms. The van der Waals surface area contributed by atoms with E-state index in [2.05, 4.69) is 15.9 Å². The van der Waals surface area contributed by atoms with Crippen molar-refractivity contribution in [3.05, 3.63) is 93.9 Å². The molecule has 0 aliphatic carbocycles. The molecule has 0 bridgehead atoms. The predicted molar refractivity (Wildman–Crippen MR) is 121 cm³/mol. The number of benzene rings is 2. The van der Waals surface area contributed by atoms with Crippen molar-refractivity contribution in [1.82, 2.24) is 4.90 Å². The lowest BCUT2D eigenvalue weighted by atomic mass is 9.95. The summed E-state index contributed by atoms with van der Waals surface area (Å²) in [5, 5.41) is 11.1. The second kappa shape index (κ2) is 8.43. The van der Waals surface area contributed by atoms with Gasteiger partial charge in [0.2, 0.25) is 0 Å². The number of hydrogen-bond donors (Lipinski definition) is 1. The van der Waals surface area contributed by atoms with Crippen LogP contribution in [0.5, 0.6) is 0 Å². The zero-order valence-corrected chi connectivity index (χ0v) is 18.7. The van der Waals surface area contributed by atoms with Gasteiger partial charge in [-0.15, -0.1) is 0 Å². The Hall–Kier alpha value is -3.32. The summed E-state index contributed by atoms with van der Waals surface area (Å²) in [6.07, 6.45) is 1.52. The Balaban J connectivity index is 1.84. The van der Waals surface area contributed by atoms with Crippen LogP contribution in [-0.4, -0.2) is 35.8 Å². The van der Waals surface area contributed by atoms with E-state index < -0.39 is 17.7 Å². The molecule has 0 radical (unpaired) electrons. The average molecular weight is 481 g/mol. The van der Waals surface area contributed by atoms with Crippen LogP contribution in [0.1, 0.15) is 22.9 Å². The van der Waals surface area contributed by atoms with Gasteiger partial charge in [0.05, 0.1) is 24.4 Å². The summed E-state index contributed by atoms with van der Waals surface area (Å²) in [6.45, 7) is 0.120. The van der Waals surface area contributed by atoms with Gasteiger partial charge in [0, 0.05) is 29.8 Å². The molecule has 1 aliphatic heterocycles. The zero-order chi connectivity index (χ0) is 22.1. The summed E-state index contributed by atoms with van der Waals surface area (Å²) in [7, 11) is 3.87. The molecule has 3 aromatic rings. The molecule has 1 aliphatic rings. The van der Waals surface area contributed by atoms with E-state index in [1.54, 1.807) is 36.4 Å². The maximum atomic E-state index is 13.0. The summed E-state index contributed by atoms with van der Waals surface area (Å²) in [5.74, 6) is -1.03. The average Bonchev–Trinajstić information content (AvgIpc) is 3.36. The molecule has 1 N–H and O–H groups in total. The Kier molecular flexibility index (Phi) is 5.69. The standard InChI is InChI=1S/C24H21BrN2O4/c1-26(2)18-11-7-15(8-12-18)21-20(22(28)16-5-9-17(25)10-6-16)23(29)24(30)27(21)14-19-4-3-13-31-19/h3-13,21,28H,14H2,1-2H3/t21-/m1/s1. The lowest BCUT2D eigenvalue weighted by Crippen LogP contribution is -2.29. The first-order chi connectivity index (χ1) is 14.9. The topological polar surface area (TPSA) is 74.0 Å². The number of rotatable bonds is 5. The van der Waals surface area contributed by atoms with Crippen LogP contribution in [0.2, 0.25) is 0 Å². The second-order valence-electron chi connectivity index (χ2n) is 7.50. The molecule has 1 aromatic heterocycles. The minimum Gasteiger partial charge on any atom is -0.507 e. The molecule has 0 saturated carbocycles. The van der Waals surface area contributed by atoms with Gasteiger partial charge in [0.25, 0.3) is 11.7 Å². The number of anilines is 1. The molecular weight excluding hydrogens is 460 g/mol. The van der Waals surface area contributed by atoms with Crippen molar-refractivity contribution in [3.63, 3.8) is 0 Å². The number of aliphatic hydroxyl groups excluding tert-OH is 1. The van der Waals surface area contributed by atoms with E-state index in [1.807, 2.05) is 43.3 Å². The summed E-state index contributed by atoms with van der Waals surface area (Å²) in [6, 6.07) is 17.3. The molecule has 1 fully saturated rings. The van der Waals surface area contributed by atoms with Crippen molar-refractivity contribution in [1.29, 1.82) is 0 Å². The minimum absolute atomic E-state index is 0.0662. The van der Waals surface area contributed by atoms with Gasteiger partial charge in [-0.1, -0.05) is 40.2 Å². The first kappa shape index (κ1) is 20.9. The van der Waals surface area contributed by atoms with Gasteiger partial charge in [-0.3, -0.25) is 9.59 Å². The fraction of sp³-hybridized carbons (Fsp3) is 0.167. The van der Waals surface area contributed by atoms with Crippen molar-refractivity contribution >= 4 is 39.1 Å². The largest absolute Gasteiger partial charge is 0.507 e. The highest BCUT2D eigenvalue weighted by atomic mass is 79.9. The van der Waals surface area contributed by atoms with Crippen molar-refractivity contribution in [3.8, 4) is 0 Å². The number of furan rings is 1. The third-order valence-corrected chi connectivity index (χ3v) is 5.82. The number of aliphatic hydroxyl groups is 1. The summed E-state index contributed by atoms with van der Waals surface area (Å²) in [5.41, 5.74) is 2.25. The maximum absolute atomic E-state index is 13.0. The molecule has 158 valence electrons. The molecular formula is C24H21BrN2O4. The van der Waals surface area contributed by atoms with E-state index in [4.69, 9.17) is 4.42 Å². The quantitative estimate of drug-likeness (QED) is 0.324. The van der Waals surface area contributed by atoms with Crippen LogP contribution in [0, 0.1) is 0 Å². The molecule has 2 aromatic carbocycles. The van der Waals surface area contributed by atoms with E-state index >= 15 is 0 Å². The van der Waals surface area contributed by atoms with Crippen LogP contribution in [0.4, 0.5) is 5.69 Å². The summed E-state index contributed by atoms with van der Waals surface area (Å²) >= 11 is 3.37. The Bertz CT molecular complexity index is 1130. The van der Waals surface area contributed by atoms with Gasteiger partial charge in [-0.2, -0.15) is 0 Å². The summed E-state index contributed by atoms with van der Waals surface area (Å²) in [4.78, 5) is 29.4. The van der Waals surface area contributed by atoms with E-state index in [-0.39, 0.29) is 17.9 Å². The van der Waals surface area contributed by atoms with Crippen LogP contribution < -0.4 is 4.90 Å². The number of Topliss-reactive ketones (excluding diaryl/α,β-unsaturated/α-hetero) is 1. The predicted octanol–water partition coefficient (Wildman–Crippen LogP) is 4.73. The SMILES string of the molecule is CN(C)c1ccc([C@@H]2C(=C(O)c3ccc(Br)cc3)C(=O)C(=O)N2Cc2ccco2)cc1. The number of halogens is 1. The second-order valence-corrected chi connectivity index (χ2v) is 8.41. The Morgan fingerprint density at radius 1 is 1.06 bits per heavy atom. The number of nitrogens with zero attached hydrogens (tertiary/aromatic N) is 2. The van der Waals surface area contributed by atoms with Crippen molar-refractivity contribution in [2.75, 3.05) is 19.0 Å². The fourth-order valence-electron chi connectivity index (χ4n) is 3.68. The van der Waals surface area contributed by atoms with Crippen LogP contribution in [-0.2, 0) is 16.1 Å². The van der Waals surface area contributed by atoms with E-state index in [1.165, 1.54) is 11.2 Å². The first-order valence-corrected chi connectivity index (χ1v) is 10.5.